The number of pyridine rings is 2. The highest BCUT2D eigenvalue weighted by atomic mass is 16.6. The summed E-state index contributed by atoms with van der Waals surface area (Å²) in [7, 11) is 0. The molecule has 2 rings (SSSR count). The van der Waals surface area contributed by atoms with Crippen LogP contribution < -0.4 is 5.32 Å². The van der Waals surface area contributed by atoms with Crippen LogP contribution in [-0.2, 0) is 6.42 Å². The normalized spacial score (nSPS) is 10.2. The molecule has 0 aromatic carbocycles. The quantitative estimate of drug-likeness (QED) is 0.657. The Bertz CT molecular complexity index is 572. The molecule has 0 saturated heterocycles. The molecule has 2 aromatic heterocycles. The van der Waals surface area contributed by atoms with Gasteiger partial charge >= 0.3 is 0 Å². The molecule has 0 unspecified atom stereocenters. The number of aromatic nitrogens is 2. The van der Waals surface area contributed by atoms with Crippen LogP contribution in [0.2, 0.25) is 0 Å². The van der Waals surface area contributed by atoms with Crippen molar-refractivity contribution in [1.29, 1.82) is 0 Å². The third-order valence-electron chi connectivity index (χ3n) is 2.70. The van der Waals surface area contributed by atoms with Gasteiger partial charge in [0.25, 0.3) is 5.69 Å². The zero-order chi connectivity index (χ0) is 13.7. The minimum absolute atomic E-state index is 0.00955. The van der Waals surface area contributed by atoms with Gasteiger partial charge in [-0.3, -0.25) is 15.1 Å². The van der Waals surface area contributed by atoms with Crippen molar-refractivity contribution < 1.29 is 4.92 Å². The molecule has 2 heterocycles. The predicted octanol–water partition coefficient (Wildman–Crippen LogP) is 2.35. The Balaban J connectivity index is 1.95. The van der Waals surface area contributed by atoms with Gasteiger partial charge in [-0.05, 0) is 30.5 Å². The van der Waals surface area contributed by atoms with Crippen molar-refractivity contribution in [2.24, 2.45) is 0 Å². The molecule has 0 spiro atoms. The van der Waals surface area contributed by atoms with Crippen LogP contribution in [0.25, 0.3) is 0 Å². The first-order valence-corrected chi connectivity index (χ1v) is 5.90. The van der Waals surface area contributed by atoms with Gasteiger partial charge in [0.1, 0.15) is 12.0 Å². The third kappa shape index (κ3) is 3.48. The van der Waals surface area contributed by atoms with E-state index in [1.54, 1.807) is 13.1 Å². The molecule has 19 heavy (non-hydrogen) atoms. The van der Waals surface area contributed by atoms with Gasteiger partial charge in [0.05, 0.1) is 4.92 Å². The SMILES string of the molecule is Cc1cc([N+](=O)[O-])cnc1NCCc1cccnc1. The summed E-state index contributed by atoms with van der Waals surface area (Å²) in [6.07, 6.45) is 5.64. The van der Waals surface area contributed by atoms with Gasteiger partial charge in [0.15, 0.2) is 0 Å². The number of hydrogen-bond acceptors (Lipinski definition) is 5. The van der Waals surface area contributed by atoms with E-state index >= 15 is 0 Å². The van der Waals surface area contributed by atoms with Gasteiger partial charge in [0, 0.05) is 25.0 Å². The van der Waals surface area contributed by atoms with E-state index < -0.39 is 4.92 Å². The number of rotatable bonds is 5. The maximum Gasteiger partial charge on any atom is 0.287 e. The van der Waals surface area contributed by atoms with Gasteiger partial charge in [-0.15, -0.1) is 0 Å². The summed E-state index contributed by atoms with van der Waals surface area (Å²) in [5, 5.41) is 13.8. The van der Waals surface area contributed by atoms with E-state index in [1.165, 1.54) is 12.3 Å². The second kappa shape index (κ2) is 5.90. The minimum Gasteiger partial charge on any atom is -0.370 e. The van der Waals surface area contributed by atoms with E-state index in [2.05, 4.69) is 15.3 Å². The first kappa shape index (κ1) is 12.9. The molecule has 6 heteroatoms. The molecular formula is C13H14N4O2. The molecule has 0 saturated carbocycles. The van der Waals surface area contributed by atoms with E-state index in [9.17, 15) is 10.1 Å². The van der Waals surface area contributed by atoms with Crippen LogP contribution >= 0.6 is 0 Å². The Hall–Kier alpha value is -2.50. The number of nitrogens with zero attached hydrogens (tertiary/aromatic N) is 3. The van der Waals surface area contributed by atoms with Crippen LogP contribution in [0.5, 0.6) is 0 Å². The summed E-state index contributed by atoms with van der Waals surface area (Å²) in [6, 6.07) is 5.41. The molecule has 0 fully saturated rings. The standard InChI is InChI=1S/C13H14N4O2/c1-10-7-12(17(18)19)9-16-13(10)15-6-4-11-3-2-5-14-8-11/h2-3,5,7-9H,4,6H2,1H3,(H,15,16). The zero-order valence-electron chi connectivity index (χ0n) is 10.5. The van der Waals surface area contributed by atoms with Crippen LogP contribution in [-0.4, -0.2) is 21.4 Å². The lowest BCUT2D eigenvalue weighted by Crippen LogP contribution is -2.08. The highest BCUT2D eigenvalue weighted by Gasteiger charge is 2.08. The third-order valence-corrected chi connectivity index (χ3v) is 2.70. The molecule has 1 N–H and O–H groups in total. The fourth-order valence-electron chi connectivity index (χ4n) is 1.72. The van der Waals surface area contributed by atoms with Gasteiger partial charge in [-0.2, -0.15) is 0 Å². The van der Waals surface area contributed by atoms with E-state index in [0.29, 0.717) is 12.4 Å². The van der Waals surface area contributed by atoms with Gasteiger partial charge < -0.3 is 5.32 Å². The monoisotopic (exact) mass is 258 g/mol. The lowest BCUT2D eigenvalue weighted by molar-refractivity contribution is -0.385. The molecule has 0 bridgehead atoms. The molecule has 98 valence electrons. The van der Waals surface area contributed by atoms with Crippen molar-refractivity contribution in [3.05, 3.63) is 58.0 Å². The molecule has 0 aliphatic heterocycles. The molecule has 0 aliphatic carbocycles. The second-order valence-electron chi connectivity index (χ2n) is 4.15. The van der Waals surface area contributed by atoms with Gasteiger partial charge in [-0.1, -0.05) is 6.07 Å². The van der Waals surface area contributed by atoms with Crippen molar-refractivity contribution in [2.75, 3.05) is 11.9 Å². The number of nitrogens with one attached hydrogen (secondary N) is 1. The van der Waals surface area contributed by atoms with E-state index in [-0.39, 0.29) is 5.69 Å². The van der Waals surface area contributed by atoms with Crippen molar-refractivity contribution in [1.82, 2.24) is 9.97 Å². The number of aryl methyl sites for hydroxylation is 1. The topological polar surface area (TPSA) is 81.0 Å². The predicted molar refractivity (Wildman–Crippen MR) is 72.1 cm³/mol. The van der Waals surface area contributed by atoms with Crippen LogP contribution in [0.4, 0.5) is 11.5 Å². The summed E-state index contributed by atoms with van der Waals surface area (Å²) >= 11 is 0. The average molecular weight is 258 g/mol. The minimum atomic E-state index is -0.445. The smallest absolute Gasteiger partial charge is 0.287 e. The summed E-state index contributed by atoms with van der Waals surface area (Å²) in [5.41, 5.74) is 1.91. The maximum absolute atomic E-state index is 10.6. The van der Waals surface area contributed by atoms with E-state index in [4.69, 9.17) is 0 Å². The molecular weight excluding hydrogens is 244 g/mol. The van der Waals surface area contributed by atoms with Crippen molar-refractivity contribution >= 4 is 11.5 Å². The molecule has 0 amide bonds. The highest BCUT2D eigenvalue weighted by Crippen LogP contribution is 2.17. The summed E-state index contributed by atoms with van der Waals surface area (Å²) in [4.78, 5) is 18.3. The van der Waals surface area contributed by atoms with E-state index in [1.807, 2.05) is 18.3 Å². The summed E-state index contributed by atoms with van der Waals surface area (Å²) < 4.78 is 0. The molecule has 0 radical (unpaired) electrons. The largest absolute Gasteiger partial charge is 0.370 e. The van der Waals surface area contributed by atoms with Crippen LogP contribution in [0.15, 0.2) is 36.8 Å². The molecule has 0 atom stereocenters. The van der Waals surface area contributed by atoms with Gasteiger partial charge in [0.2, 0.25) is 0 Å². The maximum atomic E-state index is 10.6. The lowest BCUT2D eigenvalue weighted by Gasteiger charge is -2.07. The molecule has 0 aliphatic rings. The Labute approximate surface area is 110 Å². The van der Waals surface area contributed by atoms with Crippen LogP contribution in [0.1, 0.15) is 11.1 Å². The van der Waals surface area contributed by atoms with Crippen molar-refractivity contribution in [3.8, 4) is 0 Å². The van der Waals surface area contributed by atoms with Crippen LogP contribution in [0, 0.1) is 17.0 Å². The molecule has 6 nitrogen and oxygen atoms in total. The van der Waals surface area contributed by atoms with Crippen LogP contribution in [0.3, 0.4) is 0 Å². The van der Waals surface area contributed by atoms with Gasteiger partial charge in [-0.25, -0.2) is 4.98 Å². The first-order chi connectivity index (χ1) is 9.16. The van der Waals surface area contributed by atoms with Crippen molar-refractivity contribution in [3.63, 3.8) is 0 Å². The Kier molecular flexibility index (Phi) is 4.02. The Morgan fingerprint density at radius 2 is 2.26 bits per heavy atom. The lowest BCUT2D eigenvalue weighted by atomic mass is 10.2. The fraction of sp³-hybridized carbons (Fsp3) is 0.231. The number of anilines is 1. The summed E-state index contributed by atoms with van der Waals surface area (Å²) in [5.74, 6) is 0.675. The Morgan fingerprint density at radius 3 is 2.89 bits per heavy atom. The Morgan fingerprint density at radius 1 is 1.42 bits per heavy atom. The molecule has 2 aromatic rings. The second-order valence-corrected chi connectivity index (χ2v) is 4.15. The first-order valence-electron chi connectivity index (χ1n) is 5.90. The number of nitro groups is 1. The van der Waals surface area contributed by atoms with Crippen molar-refractivity contribution in [2.45, 2.75) is 13.3 Å². The highest BCUT2D eigenvalue weighted by molar-refractivity contribution is 5.48. The fourth-order valence-corrected chi connectivity index (χ4v) is 1.72. The zero-order valence-corrected chi connectivity index (χ0v) is 10.5. The average Bonchev–Trinajstić information content (AvgIpc) is 2.41. The summed E-state index contributed by atoms with van der Waals surface area (Å²) in [6.45, 7) is 2.50. The number of hydrogen-bond donors (Lipinski definition) is 1. The van der Waals surface area contributed by atoms with E-state index in [0.717, 1.165) is 17.5 Å².